The molecule has 0 radical (unpaired) electrons. The highest BCUT2D eigenvalue weighted by Gasteiger charge is 2.41. The molecule has 4 aromatic carbocycles. The molecule has 2 aromatic heterocycles. The Kier molecular flexibility index (Phi) is 5.59. The predicted octanol–water partition coefficient (Wildman–Crippen LogP) is 9.51. The van der Waals surface area contributed by atoms with E-state index in [1.54, 1.807) is 12.4 Å². The molecule has 3 aliphatic rings. The van der Waals surface area contributed by atoms with Crippen molar-refractivity contribution in [2.45, 2.75) is 48.6 Å². The molecule has 230 valence electrons. The minimum Gasteiger partial charge on any atom is -0.308 e. The fourth-order valence-electron chi connectivity index (χ4n) is 7.93. The van der Waals surface area contributed by atoms with Gasteiger partial charge in [0.15, 0.2) is 10.1 Å². The standard InChI is InChI=1S/C40H32N4O2S/c1-39(2)29-13-5-9-17-33(29)43(34-18-10-6-14-30(34)39)25-21-27-28-22-26(24-42-38(28)47(45,46)37(27)41-23-25)44-35-19-11-7-15-31(35)40(3,4)32-16-8-12-20-36(32)44/h5-24H,1-4H3. The summed E-state index contributed by atoms with van der Waals surface area (Å²) in [6, 6.07) is 37.6. The molecule has 0 saturated carbocycles. The van der Waals surface area contributed by atoms with Gasteiger partial charge in [-0.15, -0.1) is 0 Å². The van der Waals surface area contributed by atoms with Crippen LogP contribution in [-0.4, -0.2) is 18.4 Å². The van der Waals surface area contributed by atoms with E-state index in [0.29, 0.717) is 11.1 Å². The molecule has 5 heterocycles. The summed E-state index contributed by atoms with van der Waals surface area (Å²) in [6.07, 6.45) is 3.35. The number of hydrogen-bond donors (Lipinski definition) is 0. The molecule has 0 unspecified atom stereocenters. The summed E-state index contributed by atoms with van der Waals surface area (Å²) in [7, 11) is -3.90. The van der Waals surface area contributed by atoms with Crippen molar-refractivity contribution in [3.05, 3.63) is 144 Å². The number of sulfone groups is 1. The molecule has 7 heteroatoms. The number of fused-ring (bicyclic) bond motifs is 7. The molecule has 0 fully saturated rings. The van der Waals surface area contributed by atoms with Crippen molar-refractivity contribution in [1.82, 2.24) is 9.97 Å². The van der Waals surface area contributed by atoms with E-state index in [-0.39, 0.29) is 20.9 Å². The van der Waals surface area contributed by atoms with Crippen molar-refractivity contribution >= 4 is 44.0 Å². The third-order valence-electron chi connectivity index (χ3n) is 10.3. The zero-order valence-corrected chi connectivity index (χ0v) is 27.4. The average molecular weight is 633 g/mol. The molecule has 6 aromatic rings. The molecule has 0 amide bonds. The van der Waals surface area contributed by atoms with Crippen LogP contribution in [0.4, 0.5) is 34.1 Å². The number of anilines is 6. The molecule has 0 atom stereocenters. The van der Waals surface area contributed by atoms with E-state index < -0.39 is 9.84 Å². The van der Waals surface area contributed by atoms with Crippen LogP contribution in [0.1, 0.15) is 49.9 Å². The second-order valence-electron chi connectivity index (χ2n) is 13.6. The van der Waals surface area contributed by atoms with Crippen LogP contribution in [0.2, 0.25) is 0 Å². The first-order chi connectivity index (χ1) is 22.6. The largest absolute Gasteiger partial charge is 0.308 e. The van der Waals surface area contributed by atoms with Crippen LogP contribution in [0.5, 0.6) is 0 Å². The highest BCUT2D eigenvalue weighted by atomic mass is 32.2. The number of hydrogen-bond acceptors (Lipinski definition) is 6. The maximum atomic E-state index is 13.9. The lowest BCUT2D eigenvalue weighted by Crippen LogP contribution is -2.30. The van der Waals surface area contributed by atoms with Gasteiger partial charge in [-0.3, -0.25) is 0 Å². The van der Waals surface area contributed by atoms with Gasteiger partial charge in [-0.05, 0) is 58.7 Å². The second kappa shape index (κ2) is 9.39. The normalized spacial score (nSPS) is 17.1. The van der Waals surface area contributed by atoms with Crippen molar-refractivity contribution in [3.63, 3.8) is 0 Å². The molecular weight excluding hydrogens is 601 g/mol. The fraction of sp³-hybridized carbons (Fsp3) is 0.150. The molecule has 0 bridgehead atoms. The first-order valence-electron chi connectivity index (χ1n) is 15.8. The van der Waals surface area contributed by atoms with Crippen LogP contribution in [0.15, 0.2) is 132 Å². The maximum absolute atomic E-state index is 13.9. The summed E-state index contributed by atoms with van der Waals surface area (Å²) in [5, 5.41) is 0.0841. The van der Waals surface area contributed by atoms with Gasteiger partial charge in [0.1, 0.15) is 0 Å². The van der Waals surface area contributed by atoms with Crippen LogP contribution in [0.25, 0.3) is 11.1 Å². The average Bonchev–Trinajstić information content (AvgIpc) is 3.30. The van der Waals surface area contributed by atoms with Crippen molar-refractivity contribution in [1.29, 1.82) is 0 Å². The Labute approximate surface area is 274 Å². The molecule has 6 nitrogen and oxygen atoms in total. The van der Waals surface area contributed by atoms with Gasteiger partial charge in [-0.1, -0.05) is 100 Å². The first kappa shape index (κ1) is 28.0. The second-order valence-corrected chi connectivity index (χ2v) is 15.4. The number of nitrogens with zero attached hydrogens (tertiary/aromatic N) is 4. The lowest BCUT2D eigenvalue weighted by atomic mass is 9.73. The van der Waals surface area contributed by atoms with Crippen LogP contribution < -0.4 is 9.80 Å². The number of rotatable bonds is 2. The summed E-state index contributed by atoms with van der Waals surface area (Å²) in [5.74, 6) is 0. The summed E-state index contributed by atoms with van der Waals surface area (Å²) in [4.78, 5) is 13.7. The van der Waals surface area contributed by atoms with Gasteiger partial charge >= 0.3 is 0 Å². The highest BCUT2D eigenvalue weighted by Crippen LogP contribution is 2.55. The lowest BCUT2D eigenvalue weighted by molar-refractivity contribution is 0.592. The number of pyridine rings is 2. The Balaban J connectivity index is 1.25. The summed E-state index contributed by atoms with van der Waals surface area (Å²) in [6.45, 7) is 8.99. The van der Waals surface area contributed by atoms with Gasteiger partial charge in [-0.25, -0.2) is 18.4 Å². The topological polar surface area (TPSA) is 66.4 Å². The minimum atomic E-state index is -3.90. The highest BCUT2D eigenvalue weighted by molar-refractivity contribution is 7.92. The van der Waals surface area contributed by atoms with Crippen LogP contribution in [-0.2, 0) is 20.7 Å². The number of para-hydroxylation sites is 4. The maximum Gasteiger partial charge on any atom is 0.242 e. The molecule has 0 saturated heterocycles. The van der Waals surface area contributed by atoms with Gasteiger partial charge in [0.2, 0.25) is 9.84 Å². The van der Waals surface area contributed by atoms with Crippen LogP contribution >= 0.6 is 0 Å². The fourth-order valence-corrected chi connectivity index (χ4v) is 9.41. The zero-order valence-electron chi connectivity index (χ0n) is 26.6. The molecule has 0 spiro atoms. The van der Waals surface area contributed by atoms with E-state index in [2.05, 4.69) is 120 Å². The molecular formula is C40H32N4O2S. The van der Waals surface area contributed by atoms with Crippen molar-refractivity contribution in [2.75, 3.05) is 9.80 Å². The van der Waals surface area contributed by atoms with Gasteiger partial charge in [0, 0.05) is 22.0 Å². The van der Waals surface area contributed by atoms with E-state index in [9.17, 15) is 8.42 Å². The van der Waals surface area contributed by atoms with E-state index in [4.69, 9.17) is 0 Å². The Bertz CT molecular complexity index is 2150. The van der Waals surface area contributed by atoms with Crippen LogP contribution in [0, 0.1) is 0 Å². The van der Waals surface area contributed by atoms with Crippen LogP contribution in [0.3, 0.4) is 0 Å². The minimum absolute atomic E-state index is 0.0420. The molecule has 3 aliphatic heterocycles. The van der Waals surface area contributed by atoms with E-state index in [1.165, 1.54) is 22.3 Å². The van der Waals surface area contributed by atoms with E-state index in [1.807, 2.05) is 36.4 Å². The predicted molar refractivity (Wildman–Crippen MR) is 187 cm³/mol. The Morgan fingerprint density at radius 1 is 0.489 bits per heavy atom. The molecule has 0 aliphatic carbocycles. The monoisotopic (exact) mass is 632 g/mol. The van der Waals surface area contributed by atoms with Crippen molar-refractivity contribution in [3.8, 4) is 11.1 Å². The summed E-state index contributed by atoms with van der Waals surface area (Å²) >= 11 is 0. The smallest absolute Gasteiger partial charge is 0.242 e. The SMILES string of the molecule is CC1(C)c2ccccc2N(c2cnc3c(c2)-c2cc(N4c5ccccc5C(C)(C)c5ccccc54)cnc2S3(=O)=O)c2ccccc21. The van der Waals surface area contributed by atoms with Crippen molar-refractivity contribution in [2.24, 2.45) is 0 Å². The van der Waals surface area contributed by atoms with E-state index in [0.717, 1.165) is 34.1 Å². The third kappa shape index (κ3) is 3.69. The number of aromatic nitrogens is 2. The summed E-state index contributed by atoms with van der Waals surface area (Å²) < 4.78 is 27.7. The Hall–Kier alpha value is -5.27. The van der Waals surface area contributed by atoms with E-state index >= 15 is 0 Å². The quantitative estimate of drug-likeness (QED) is 0.189. The molecule has 9 rings (SSSR count). The van der Waals surface area contributed by atoms with Gasteiger partial charge in [-0.2, -0.15) is 0 Å². The molecule has 0 N–H and O–H groups in total. The zero-order chi connectivity index (χ0) is 32.3. The lowest BCUT2D eigenvalue weighted by Gasteiger charge is -2.42. The van der Waals surface area contributed by atoms with Gasteiger partial charge < -0.3 is 9.80 Å². The Morgan fingerprint density at radius 2 is 0.787 bits per heavy atom. The summed E-state index contributed by atoms with van der Waals surface area (Å²) in [5.41, 5.74) is 11.3. The third-order valence-corrected chi connectivity index (χ3v) is 11.9. The van der Waals surface area contributed by atoms with Gasteiger partial charge in [0.05, 0.1) is 46.5 Å². The Morgan fingerprint density at radius 3 is 1.11 bits per heavy atom. The van der Waals surface area contributed by atoms with Gasteiger partial charge in [0.25, 0.3) is 0 Å². The molecule has 47 heavy (non-hydrogen) atoms. The first-order valence-corrected chi connectivity index (χ1v) is 17.3. The number of benzene rings is 4. The van der Waals surface area contributed by atoms with Crippen molar-refractivity contribution < 1.29 is 8.42 Å².